The number of carbonyl (C=O) groups excluding carboxylic acids is 1. The molecule has 0 aliphatic heterocycles. The van der Waals surface area contributed by atoms with Crippen molar-refractivity contribution in [1.82, 2.24) is 0 Å². The van der Waals surface area contributed by atoms with Crippen LogP contribution in [0.25, 0.3) is 0 Å². The molecule has 26 heavy (non-hydrogen) atoms. The Bertz CT molecular complexity index is 896. The Morgan fingerprint density at radius 2 is 1.96 bits per heavy atom. The SMILES string of the molecule is N#Cc1cc(Oc2c([N+](=O)[O-])ccc(CC=O)c2F)cc(OC(F)F)c1. The summed E-state index contributed by atoms with van der Waals surface area (Å²) in [5, 5.41) is 20.0. The summed E-state index contributed by atoms with van der Waals surface area (Å²) in [4.78, 5) is 20.8. The summed E-state index contributed by atoms with van der Waals surface area (Å²) < 4.78 is 48.5. The van der Waals surface area contributed by atoms with Crippen LogP contribution in [0.4, 0.5) is 18.9 Å². The van der Waals surface area contributed by atoms with Crippen molar-refractivity contribution in [1.29, 1.82) is 5.26 Å². The van der Waals surface area contributed by atoms with Gasteiger partial charge in [0.15, 0.2) is 5.82 Å². The second kappa shape index (κ2) is 7.98. The normalized spacial score (nSPS) is 10.3. The molecule has 2 aromatic carbocycles. The maximum atomic E-state index is 14.5. The summed E-state index contributed by atoms with van der Waals surface area (Å²) in [7, 11) is 0. The van der Waals surface area contributed by atoms with Gasteiger partial charge in [0.1, 0.15) is 17.8 Å². The molecule has 2 aromatic rings. The number of hydrogen-bond acceptors (Lipinski definition) is 6. The Labute approximate surface area is 144 Å². The van der Waals surface area contributed by atoms with Gasteiger partial charge in [-0.05, 0) is 23.8 Å². The lowest BCUT2D eigenvalue weighted by Gasteiger charge is -2.11. The van der Waals surface area contributed by atoms with E-state index in [-0.39, 0.29) is 23.3 Å². The first-order valence-electron chi connectivity index (χ1n) is 6.93. The highest BCUT2D eigenvalue weighted by atomic mass is 19.3. The number of hydrogen-bond donors (Lipinski definition) is 0. The molecule has 0 radical (unpaired) electrons. The second-order valence-electron chi connectivity index (χ2n) is 4.80. The number of nitro benzene ring substituents is 1. The Hall–Kier alpha value is -3.61. The van der Waals surface area contributed by atoms with Crippen LogP contribution in [-0.2, 0) is 11.2 Å². The maximum Gasteiger partial charge on any atom is 0.387 e. The third-order valence-corrected chi connectivity index (χ3v) is 3.11. The van der Waals surface area contributed by atoms with E-state index in [4.69, 9.17) is 10.00 Å². The van der Waals surface area contributed by atoms with Gasteiger partial charge >= 0.3 is 12.3 Å². The number of halogens is 3. The number of nitrogens with zero attached hydrogens (tertiary/aromatic N) is 2. The fourth-order valence-corrected chi connectivity index (χ4v) is 2.06. The van der Waals surface area contributed by atoms with Crippen LogP contribution in [0.3, 0.4) is 0 Å². The van der Waals surface area contributed by atoms with Gasteiger partial charge in [-0.1, -0.05) is 0 Å². The monoisotopic (exact) mass is 366 g/mol. The van der Waals surface area contributed by atoms with Gasteiger partial charge in [0.2, 0.25) is 5.75 Å². The van der Waals surface area contributed by atoms with Gasteiger partial charge in [0.25, 0.3) is 0 Å². The van der Waals surface area contributed by atoms with Crippen LogP contribution in [0, 0.1) is 27.3 Å². The zero-order valence-corrected chi connectivity index (χ0v) is 12.8. The first-order valence-corrected chi connectivity index (χ1v) is 6.93. The first kappa shape index (κ1) is 18.7. The molecule has 0 spiro atoms. The Kier molecular flexibility index (Phi) is 5.74. The van der Waals surface area contributed by atoms with Crippen molar-refractivity contribution in [3.8, 4) is 23.3 Å². The Morgan fingerprint density at radius 3 is 2.54 bits per heavy atom. The van der Waals surface area contributed by atoms with Crippen molar-refractivity contribution >= 4 is 12.0 Å². The predicted octanol–water partition coefficient (Wildman–Crippen LogP) is 3.74. The van der Waals surface area contributed by atoms with E-state index in [2.05, 4.69) is 4.74 Å². The van der Waals surface area contributed by atoms with Crippen LogP contribution < -0.4 is 9.47 Å². The smallest absolute Gasteiger partial charge is 0.387 e. The van der Waals surface area contributed by atoms with Gasteiger partial charge in [-0.2, -0.15) is 14.0 Å². The molecule has 0 N–H and O–H groups in total. The molecule has 7 nitrogen and oxygen atoms in total. The van der Waals surface area contributed by atoms with Crippen molar-refractivity contribution in [2.75, 3.05) is 0 Å². The molecule has 0 unspecified atom stereocenters. The van der Waals surface area contributed by atoms with E-state index in [1.165, 1.54) is 0 Å². The lowest BCUT2D eigenvalue weighted by molar-refractivity contribution is -0.385. The Morgan fingerprint density at radius 1 is 1.27 bits per heavy atom. The molecule has 2 rings (SSSR count). The van der Waals surface area contributed by atoms with E-state index in [1.54, 1.807) is 6.07 Å². The lowest BCUT2D eigenvalue weighted by Crippen LogP contribution is -2.03. The fourth-order valence-electron chi connectivity index (χ4n) is 2.06. The largest absolute Gasteiger partial charge is 0.447 e. The first-order chi connectivity index (χ1) is 12.3. The van der Waals surface area contributed by atoms with Gasteiger partial charge in [-0.25, -0.2) is 4.39 Å². The molecule has 0 saturated heterocycles. The maximum absolute atomic E-state index is 14.5. The summed E-state index contributed by atoms with van der Waals surface area (Å²) in [6, 6.07) is 6.65. The van der Waals surface area contributed by atoms with Gasteiger partial charge in [0, 0.05) is 18.6 Å². The number of benzene rings is 2. The van der Waals surface area contributed by atoms with Crippen molar-refractivity contribution in [2.24, 2.45) is 0 Å². The molecule has 0 heterocycles. The fraction of sp³-hybridized carbons (Fsp3) is 0.125. The molecule has 0 atom stereocenters. The summed E-state index contributed by atoms with van der Waals surface area (Å²) >= 11 is 0. The van der Waals surface area contributed by atoms with E-state index in [0.29, 0.717) is 6.29 Å². The number of nitro groups is 1. The number of alkyl halides is 2. The van der Waals surface area contributed by atoms with Crippen molar-refractivity contribution in [2.45, 2.75) is 13.0 Å². The van der Waals surface area contributed by atoms with E-state index >= 15 is 0 Å². The van der Waals surface area contributed by atoms with Crippen LogP contribution in [0.5, 0.6) is 17.2 Å². The van der Waals surface area contributed by atoms with Crippen molar-refractivity contribution < 1.29 is 32.4 Å². The topological polar surface area (TPSA) is 102 Å². The van der Waals surface area contributed by atoms with E-state index in [1.807, 2.05) is 0 Å². The number of nitriles is 1. The van der Waals surface area contributed by atoms with Crippen LogP contribution in [0.15, 0.2) is 30.3 Å². The predicted molar refractivity (Wildman–Crippen MR) is 80.7 cm³/mol. The summed E-state index contributed by atoms with van der Waals surface area (Å²) in [5.41, 5.74) is -1.04. The van der Waals surface area contributed by atoms with Gasteiger partial charge in [-0.15, -0.1) is 0 Å². The highest BCUT2D eigenvalue weighted by Gasteiger charge is 2.24. The number of carbonyl (C=O) groups is 1. The number of aldehydes is 1. The molecule has 0 bridgehead atoms. The lowest BCUT2D eigenvalue weighted by atomic mass is 10.1. The molecule has 0 fully saturated rings. The molecule has 10 heteroatoms. The third-order valence-electron chi connectivity index (χ3n) is 3.11. The van der Waals surface area contributed by atoms with E-state index in [0.717, 1.165) is 30.3 Å². The standard InChI is InChI=1S/C16H9F3N2O5/c17-14-10(3-4-22)1-2-13(21(23)24)15(14)25-11-5-9(8-20)6-12(7-11)26-16(18)19/h1-2,4-7,16H,3H2. The summed E-state index contributed by atoms with van der Waals surface area (Å²) in [5.74, 6) is -2.73. The average molecular weight is 366 g/mol. The van der Waals surface area contributed by atoms with Crippen LogP contribution >= 0.6 is 0 Å². The van der Waals surface area contributed by atoms with Gasteiger partial charge in [-0.3, -0.25) is 10.1 Å². The minimum Gasteiger partial charge on any atom is -0.447 e. The molecule has 0 aliphatic carbocycles. The van der Waals surface area contributed by atoms with E-state index < -0.39 is 34.5 Å². The average Bonchev–Trinajstić information content (AvgIpc) is 2.57. The van der Waals surface area contributed by atoms with E-state index in [9.17, 15) is 28.1 Å². The highest BCUT2D eigenvalue weighted by molar-refractivity contribution is 5.59. The van der Waals surface area contributed by atoms with Crippen LogP contribution in [0.1, 0.15) is 11.1 Å². The van der Waals surface area contributed by atoms with Crippen molar-refractivity contribution in [3.05, 3.63) is 57.4 Å². The Balaban J connectivity index is 2.53. The summed E-state index contributed by atoms with van der Waals surface area (Å²) in [6.07, 6.45) is 0.0527. The minimum absolute atomic E-state index is 0.148. The summed E-state index contributed by atoms with van der Waals surface area (Å²) in [6.45, 7) is -3.18. The quantitative estimate of drug-likeness (QED) is 0.420. The zero-order valence-electron chi connectivity index (χ0n) is 12.8. The second-order valence-corrected chi connectivity index (χ2v) is 4.80. The molecule has 0 saturated carbocycles. The van der Waals surface area contributed by atoms with Crippen LogP contribution in [-0.4, -0.2) is 17.8 Å². The highest BCUT2D eigenvalue weighted by Crippen LogP contribution is 2.37. The molecule has 0 aliphatic rings. The molecular weight excluding hydrogens is 357 g/mol. The molecule has 0 amide bonds. The number of rotatable bonds is 7. The minimum atomic E-state index is -3.18. The zero-order chi connectivity index (χ0) is 19.3. The van der Waals surface area contributed by atoms with Gasteiger partial charge in [0.05, 0.1) is 16.6 Å². The number of ether oxygens (including phenoxy) is 2. The molecular formula is C16H9F3N2O5. The van der Waals surface area contributed by atoms with Crippen LogP contribution in [0.2, 0.25) is 0 Å². The third kappa shape index (κ3) is 4.27. The van der Waals surface area contributed by atoms with Crippen molar-refractivity contribution in [3.63, 3.8) is 0 Å². The molecule has 134 valence electrons. The molecule has 0 aromatic heterocycles. The van der Waals surface area contributed by atoms with Gasteiger partial charge < -0.3 is 14.3 Å².